The molecule has 1 heterocycles. The van der Waals surface area contributed by atoms with Gasteiger partial charge in [0.1, 0.15) is 6.20 Å². The monoisotopic (exact) mass is 323 g/mol. The minimum absolute atomic E-state index is 0.0100. The van der Waals surface area contributed by atoms with Crippen molar-refractivity contribution in [2.75, 3.05) is 7.11 Å². The second-order valence-corrected chi connectivity index (χ2v) is 4.30. The van der Waals surface area contributed by atoms with Gasteiger partial charge in [-0.25, -0.2) is 0 Å². The number of phenolic OH excluding ortho intramolecular Hbond substituents is 1. The van der Waals surface area contributed by atoms with Crippen molar-refractivity contribution in [3.05, 3.63) is 49.1 Å². The largest absolute Gasteiger partial charge is 0.504 e. The molecule has 10 nitrogen and oxygen atoms in total. The number of nitrogens with one attached hydrogen (secondary N) is 1. The molecule has 0 aliphatic carbocycles. The van der Waals surface area contributed by atoms with E-state index in [1.54, 1.807) is 0 Å². The number of hydrogen-bond donors (Lipinski definition) is 2. The number of nitro groups is 1. The van der Waals surface area contributed by atoms with Crippen LogP contribution < -0.4 is 10.3 Å². The fourth-order valence-corrected chi connectivity index (χ4v) is 1.74. The molecule has 0 aliphatic rings. The minimum atomic E-state index is -0.649. The topological polar surface area (TPSA) is 136 Å². The van der Waals surface area contributed by atoms with E-state index in [4.69, 9.17) is 17.0 Å². The van der Waals surface area contributed by atoms with Crippen molar-refractivity contribution in [1.29, 1.82) is 0 Å². The Bertz CT molecular complexity index is 844. The lowest BCUT2D eigenvalue weighted by atomic mass is 10.2. The van der Waals surface area contributed by atoms with E-state index in [0.29, 0.717) is 0 Å². The molecule has 0 fully saturated rings. The third-order valence-corrected chi connectivity index (χ3v) is 2.83. The first-order valence-corrected chi connectivity index (χ1v) is 6.11. The highest BCUT2D eigenvalue weighted by molar-refractivity contribution is 7.71. The normalized spacial score (nSPS) is 10.8. The molecule has 11 heteroatoms. The average molecular weight is 323 g/mol. The predicted octanol–water partition coefficient (Wildman–Crippen LogP) is 0.805. The van der Waals surface area contributed by atoms with Crippen molar-refractivity contribution in [1.82, 2.24) is 14.9 Å². The molecule has 0 amide bonds. The van der Waals surface area contributed by atoms with E-state index in [9.17, 15) is 20.0 Å². The number of hydrogen-bond acceptors (Lipinski definition) is 8. The SMILES string of the molecule is COc1cc([N+](=O)[O-])cc(/C=N/n2c(=O)cn[nH]c2=S)c1O. The highest BCUT2D eigenvalue weighted by Crippen LogP contribution is 2.33. The summed E-state index contributed by atoms with van der Waals surface area (Å²) in [5.74, 6) is -0.447. The molecule has 0 spiro atoms. The lowest BCUT2D eigenvalue weighted by Crippen LogP contribution is -2.18. The van der Waals surface area contributed by atoms with Crippen LogP contribution in [0.4, 0.5) is 5.69 Å². The van der Waals surface area contributed by atoms with Crippen LogP contribution >= 0.6 is 12.2 Å². The first kappa shape index (κ1) is 15.3. The van der Waals surface area contributed by atoms with Crippen molar-refractivity contribution < 1.29 is 14.8 Å². The molecule has 0 saturated carbocycles. The van der Waals surface area contributed by atoms with Crippen LogP contribution in [0, 0.1) is 14.9 Å². The Morgan fingerprint density at radius 1 is 1.59 bits per heavy atom. The summed E-state index contributed by atoms with van der Waals surface area (Å²) in [5.41, 5.74) is -0.913. The number of H-pyrrole nitrogens is 1. The molecule has 1 aromatic carbocycles. The van der Waals surface area contributed by atoms with Crippen LogP contribution in [0.3, 0.4) is 0 Å². The summed E-state index contributed by atoms with van der Waals surface area (Å²) in [4.78, 5) is 21.8. The number of aromatic hydroxyl groups is 1. The lowest BCUT2D eigenvalue weighted by Gasteiger charge is -2.05. The first-order chi connectivity index (χ1) is 10.4. The van der Waals surface area contributed by atoms with Crippen molar-refractivity contribution >= 4 is 24.1 Å². The quantitative estimate of drug-likeness (QED) is 0.367. The molecule has 0 atom stereocenters. The van der Waals surface area contributed by atoms with Crippen LogP contribution in [0.25, 0.3) is 0 Å². The molecular formula is C11H9N5O5S. The molecule has 1 aromatic heterocycles. The molecule has 2 N–H and O–H groups in total. The number of aromatic amines is 1. The number of methoxy groups -OCH3 is 1. The Morgan fingerprint density at radius 2 is 2.32 bits per heavy atom. The van der Waals surface area contributed by atoms with Gasteiger partial charge < -0.3 is 9.84 Å². The van der Waals surface area contributed by atoms with Crippen LogP contribution in [0.2, 0.25) is 0 Å². The Balaban J connectivity index is 2.56. The highest BCUT2D eigenvalue weighted by Gasteiger charge is 2.15. The Labute approximate surface area is 127 Å². The van der Waals surface area contributed by atoms with Crippen LogP contribution in [0.5, 0.6) is 11.5 Å². The Hall–Kier alpha value is -3.08. The number of nitro benzene ring substituents is 1. The molecule has 2 rings (SSSR count). The summed E-state index contributed by atoms with van der Waals surface area (Å²) in [5, 5.41) is 30.4. The Morgan fingerprint density at radius 3 is 2.91 bits per heavy atom. The van der Waals surface area contributed by atoms with E-state index in [0.717, 1.165) is 29.2 Å². The number of phenols is 1. The van der Waals surface area contributed by atoms with Crippen LogP contribution in [0.15, 0.2) is 28.2 Å². The maximum Gasteiger partial charge on any atom is 0.293 e. The van der Waals surface area contributed by atoms with Gasteiger partial charge >= 0.3 is 0 Å². The van der Waals surface area contributed by atoms with Gasteiger partial charge in [0.2, 0.25) is 4.77 Å². The second-order valence-electron chi connectivity index (χ2n) is 3.91. The van der Waals surface area contributed by atoms with Gasteiger partial charge in [-0.3, -0.25) is 20.0 Å². The molecule has 0 saturated heterocycles. The van der Waals surface area contributed by atoms with E-state index in [1.807, 2.05) is 0 Å². The zero-order valence-corrected chi connectivity index (χ0v) is 11.9. The smallest absolute Gasteiger partial charge is 0.293 e. The molecule has 22 heavy (non-hydrogen) atoms. The van der Waals surface area contributed by atoms with Crippen LogP contribution in [0.1, 0.15) is 5.56 Å². The summed E-state index contributed by atoms with van der Waals surface area (Å²) in [6.07, 6.45) is 2.01. The average Bonchev–Trinajstić information content (AvgIpc) is 2.48. The van der Waals surface area contributed by atoms with Gasteiger partial charge in [0.15, 0.2) is 11.5 Å². The van der Waals surface area contributed by atoms with Gasteiger partial charge in [0.05, 0.1) is 24.3 Å². The number of aromatic nitrogens is 3. The Kier molecular flexibility index (Phi) is 4.27. The van der Waals surface area contributed by atoms with Gasteiger partial charge in [-0.2, -0.15) is 14.9 Å². The maximum absolute atomic E-state index is 11.5. The highest BCUT2D eigenvalue weighted by atomic mass is 32.1. The molecule has 0 radical (unpaired) electrons. The van der Waals surface area contributed by atoms with Gasteiger partial charge in [0, 0.05) is 11.6 Å². The zero-order chi connectivity index (χ0) is 16.3. The van der Waals surface area contributed by atoms with E-state index in [2.05, 4.69) is 15.3 Å². The van der Waals surface area contributed by atoms with Gasteiger partial charge in [-0.1, -0.05) is 0 Å². The molecule has 0 bridgehead atoms. The number of ether oxygens (including phenoxy) is 1. The van der Waals surface area contributed by atoms with E-state index in [-0.39, 0.29) is 27.5 Å². The summed E-state index contributed by atoms with van der Waals surface area (Å²) in [7, 11) is 1.25. The molecule has 0 aliphatic heterocycles. The lowest BCUT2D eigenvalue weighted by molar-refractivity contribution is -0.385. The zero-order valence-electron chi connectivity index (χ0n) is 11.1. The van der Waals surface area contributed by atoms with Gasteiger partial charge in [-0.05, 0) is 12.2 Å². The predicted molar refractivity (Wildman–Crippen MR) is 78.0 cm³/mol. The van der Waals surface area contributed by atoms with Crippen molar-refractivity contribution in [3.8, 4) is 11.5 Å². The van der Waals surface area contributed by atoms with Crippen LogP contribution in [-0.2, 0) is 0 Å². The fraction of sp³-hybridized carbons (Fsp3) is 0.0909. The van der Waals surface area contributed by atoms with E-state index >= 15 is 0 Å². The van der Waals surface area contributed by atoms with Gasteiger partial charge in [-0.15, -0.1) is 0 Å². The third kappa shape index (κ3) is 2.98. The van der Waals surface area contributed by atoms with Crippen molar-refractivity contribution in [2.24, 2.45) is 5.10 Å². The van der Waals surface area contributed by atoms with E-state index < -0.39 is 10.5 Å². The standard InChI is InChI=1S/C11H9N5O5S/c1-21-8-3-7(16(19)20)2-6(10(8)18)4-13-15-9(17)5-12-14-11(15)22/h2-5,18H,1H3,(H,14,22)/b13-4+. The van der Waals surface area contributed by atoms with Gasteiger partial charge in [0.25, 0.3) is 11.2 Å². The summed E-state index contributed by atoms with van der Waals surface area (Å²) in [6, 6.07) is 2.15. The van der Waals surface area contributed by atoms with E-state index in [1.165, 1.54) is 7.11 Å². The fourth-order valence-electron chi connectivity index (χ4n) is 1.55. The minimum Gasteiger partial charge on any atom is -0.504 e. The number of nitrogens with zero attached hydrogens (tertiary/aromatic N) is 4. The van der Waals surface area contributed by atoms with Crippen molar-refractivity contribution in [3.63, 3.8) is 0 Å². The molecule has 0 unspecified atom stereocenters. The third-order valence-electron chi connectivity index (χ3n) is 2.57. The molecule has 2 aromatic rings. The summed E-state index contributed by atoms with van der Waals surface area (Å²) in [6.45, 7) is 0. The van der Waals surface area contributed by atoms with Crippen LogP contribution in [-0.4, -0.2) is 38.2 Å². The summed E-state index contributed by atoms with van der Waals surface area (Å²) < 4.78 is 5.60. The first-order valence-electron chi connectivity index (χ1n) is 5.70. The molecular weight excluding hydrogens is 314 g/mol. The number of non-ortho nitro benzene ring substituents is 1. The number of rotatable bonds is 4. The number of benzene rings is 1. The maximum atomic E-state index is 11.5. The summed E-state index contributed by atoms with van der Waals surface area (Å²) >= 11 is 4.84. The molecule has 114 valence electrons. The second kappa shape index (κ2) is 6.13. The van der Waals surface area contributed by atoms with Crippen molar-refractivity contribution in [2.45, 2.75) is 0 Å².